The van der Waals surface area contributed by atoms with E-state index >= 15 is 0 Å². The second-order valence-corrected chi connectivity index (χ2v) is 8.69. The van der Waals surface area contributed by atoms with Gasteiger partial charge in [0.15, 0.2) is 11.5 Å². The molecular weight excluding hydrogens is 316 g/mol. The summed E-state index contributed by atoms with van der Waals surface area (Å²) in [7, 11) is -3.57. The lowest BCUT2D eigenvalue weighted by molar-refractivity contribution is -0.564. The quantitative estimate of drug-likeness (QED) is 0.876. The smallest absolute Gasteiger partial charge is 0.197 e. The maximum absolute atomic E-state index is 12.7. The normalized spacial score (nSPS) is 14.7. The molecule has 2 aromatic rings. The van der Waals surface area contributed by atoms with Gasteiger partial charge in [0.1, 0.15) is 0 Å². The van der Waals surface area contributed by atoms with Gasteiger partial charge in [0.25, 0.3) is 0 Å². The van der Waals surface area contributed by atoms with E-state index in [2.05, 4.69) is 4.83 Å². The number of hydrogen-bond acceptors (Lipinski definition) is 3. The van der Waals surface area contributed by atoms with Crippen molar-refractivity contribution in [1.82, 2.24) is 0 Å². The van der Waals surface area contributed by atoms with Gasteiger partial charge in [-0.3, -0.25) is 0 Å². The van der Waals surface area contributed by atoms with Crippen molar-refractivity contribution in [3.63, 3.8) is 0 Å². The molecule has 0 atom stereocenters. The highest BCUT2D eigenvalue weighted by molar-refractivity contribution is 7.92. The van der Waals surface area contributed by atoms with Crippen molar-refractivity contribution in [3.05, 3.63) is 45.5 Å². The Bertz CT molecular complexity index is 776. The second-order valence-electron chi connectivity index (χ2n) is 6.02. The Morgan fingerprint density at radius 2 is 1.73 bits per heavy atom. The standard InChI is InChI=1S/C16H21N2O2S2/c1-11-8-12(2)16(13(3)9-11)22(19,20)17-18-10-14-6-4-5-7-15(14)21-18/h8-10,17H,4-7H2,1-3H3/q+1. The summed E-state index contributed by atoms with van der Waals surface area (Å²) < 4.78 is 27.1. The highest BCUT2D eigenvalue weighted by Crippen LogP contribution is 2.24. The van der Waals surface area contributed by atoms with E-state index in [4.69, 9.17) is 0 Å². The van der Waals surface area contributed by atoms with Crippen molar-refractivity contribution >= 4 is 21.6 Å². The van der Waals surface area contributed by atoms with E-state index in [1.807, 2.05) is 39.1 Å². The second kappa shape index (κ2) is 5.66. The zero-order valence-electron chi connectivity index (χ0n) is 13.1. The number of fused-ring (bicyclic) bond motifs is 1. The summed E-state index contributed by atoms with van der Waals surface area (Å²) in [6.45, 7) is 5.67. The van der Waals surface area contributed by atoms with Crippen molar-refractivity contribution in [1.29, 1.82) is 0 Å². The fraction of sp³-hybridized carbons (Fsp3) is 0.438. The summed E-state index contributed by atoms with van der Waals surface area (Å²) >= 11 is 1.50. The monoisotopic (exact) mass is 337 g/mol. The molecule has 4 nitrogen and oxygen atoms in total. The van der Waals surface area contributed by atoms with E-state index in [1.54, 1.807) is 4.07 Å². The van der Waals surface area contributed by atoms with Gasteiger partial charge in [-0.25, -0.2) is 0 Å². The number of hydrogen-bond donors (Lipinski definition) is 1. The third-order valence-electron chi connectivity index (χ3n) is 4.02. The fourth-order valence-electron chi connectivity index (χ4n) is 3.23. The van der Waals surface area contributed by atoms with Crippen LogP contribution in [0.15, 0.2) is 23.2 Å². The van der Waals surface area contributed by atoms with Crippen LogP contribution >= 0.6 is 11.5 Å². The molecule has 0 bridgehead atoms. The van der Waals surface area contributed by atoms with Crippen LogP contribution < -0.4 is 8.90 Å². The van der Waals surface area contributed by atoms with Gasteiger partial charge < -0.3 is 0 Å². The van der Waals surface area contributed by atoms with Crippen molar-refractivity contribution < 1.29 is 12.5 Å². The lowest BCUT2D eigenvalue weighted by Gasteiger charge is -2.10. The predicted octanol–water partition coefficient (Wildman–Crippen LogP) is 2.77. The van der Waals surface area contributed by atoms with E-state index in [0.29, 0.717) is 4.90 Å². The zero-order valence-corrected chi connectivity index (χ0v) is 14.8. The summed E-state index contributed by atoms with van der Waals surface area (Å²) in [6, 6.07) is 3.82. The van der Waals surface area contributed by atoms with Gasteiger partial charge in [0.05, 0.1) is 9.77 Å². The van der Waals surface area contributed by atoms with Crippen molar-refractivity contribution in [2.45, 2.75) is 51.3 Å². The van der Waals surface area contributed by atoms with Crippen LogP contribution in [0.5, 0.6) is 0 Å². The number of aryl methyl sites for hydroxylation is 5. The molecule has 6 heteroatoms. The van der Waals surface area contributed by atoms with Crippen molar-refractivity contribution in [3.8, 4) is 0 Å². The van der Waals surface area contributed by atoms with Gasteiger partial charge in [-0.05, 0) is 61.6 Å². The average Bonchev–Trinajstić information content (AvgIpc) is 2.77. The summed E-state index contributed by atoms with van der Waals surface area (Å²) in [4.78, 5) is 4.38. The zero-order chi connectivity index (χ0) is 15.9. The van der Waals surface area contributed by atoms with Gasteiger partial charge in [-0.1, -0.05) is 22.5 Å². The number of nitrogens with zero attached hydrogens (tertiary/aromatic N) is 1. The SMILES string of the molecule is Cc1cc(C)c(S(=O)(=O)N[n+]2cc3c(s2)CCCC3)c(C)c1. The summed E-state index contributed by atoms with van der Waals surface area (Å²) in [5.74, 6) is 0. The minimum absolute atomic E-state index is 0.386. The van der Waals surface area contributed by atoms with E-state index in [0.717, 1.165) is 29.5 Å². The van der Waals surface area contributed by atoms with E-state index in [9.17, 15) is 8.42 Å². The Morgan fingerprint density at radius 1 is 1.09 bits per heavy atom. The third kappa shape index (κ3) is 2.90. The number of sulfonamides is 1. The molecular formula is C16H21N2O2S2+. The molecule has 3 rings (SSSR count). The summed E-state index contributed by atoms with van der Waals surface area (Å²) in [5, 5.41) is 0. The van der Waals surface area contributed by atoms with Crippen LogP contribution in [-0.4, -0.2) is 8.42 Å². The molecule has 0 aliphatic heterocycles. The Morgan fingerprint density at radius 3 is 2.36 bits per heavy atom. The van der Waals surface area contributed by atoms with Crippen LogP contribution in [0, 0.1) is 20.8 Å². The Balaban J connectivity index is 1.96. The lowest BCUT2D eigenvalue weighted by atomic mass is 10.0. The number of benzene rings is 1. The first-order chi connectivity index (χ1) is 10.4. The summed E-state index contributed by atoms with van der Waals surface area (Å²) in [6.07, 6.45) is 6.40. The Hall–Kier alpha value is -1.40. The lowest BCUT2D eigenvalue weighted by Crippen LogP contribution is -2.44. The van der Waals surface area contributed by atoms with Gasteiger partial charge in [0, 0.05) is 5.56 Å². The molecule has 0 fully saturated rings. The molecule has 1 aliphatic carbocycles. The predicted molar refractivity (Wildman–Crippen MR) is 88.4 cm³/mol. The van der Waals surface area contributed by atoms with Crippen molar-refractivity contribution in [2.24, 2.45) is 0 Å². The minimum Gasteiger partial charge on any atom is -0.197 e. The van der Waals surface area contributed by atoms with Crippen LogP contribution in [0.1, 0.15) is 40.0 Å². The topological polar surface area (TPSA) is 50.1 Å². The van der Waals surface area contributed by atoms with E-state index in [-0.39, 0.29) is 0 Å². The largest absolute Gasteiger partial charge is 0.308 e. The summed E-state index contributed by atoms with van der Waals surface area (Å²) in [5.41, 5.74) is 3.92. The molecule has 0 radical (unpaired) electrons. The van der Waals surface area contributed by atoms with Gasteiger partial charge in [-0.15, -0.1) is 0 Å². The van der Waals surface area contributed by atoms with Gasteiger partial charge in [0.2, 0.25) is 6.20 Å². The maximum atomic E-state index is 12.7. The van der Waals surface area contributed by atoms with Gasteiger partial charge >= 0.3 is 10.0 Å². The molecule has 0 saturated heterocycles. The molecule has 0 amide bonds. The first-order valence-corrected chi connectivity index (χ1v) is 9.77. The first kappa shape index (κ1) is 15.5. The number of aromatic nitrogens is 1. The fourth-order valence-corrected chi connectivity index (χ4v) is 5.94. The van der Waals surface area contributed by atoms with Crippen LogP contribution in [0.3, 0.4) is 0 Å². The molecule has 1 aliphatic rings. The Kier molecular flexibility index (Phi) is 3.99. The average molecular weight is 337 g/mol. The molecule has 1 N–H and O–H groups in total. The number of nitrogens with one attached hydrogen (secondary N) is 1. The van der Waals surface area contributed by atoms with E-state index < -0.39 is 10.0 Å². The molecule has 1 aromatic carbocycles. The molecule has 22 heavy (non-hydrogen) atoms. The molecule has 1 heterocycles. The minimum atomic E-state index is -3.57. The van der Waals surface area contributed by atoms with Crippen molar-refractivity contribution in [2.75, 3.05) is 4.83 Å². The van der Waals surface area contributed by atoms with E-state index in [1.165, 1.54) is 34.8 Å². The Labute approximate surface area is 136 Å². The van der Waals surface area contributed by atoms with Crippen LogP contribution in [0.2, 0.25) is 0 Å². The molecule has 1 aromatic heterocycles. The molecule has 0 unspecified atom stereocenters. The maximum Gasteiger partial charge on any atom is 0.308 e. The van der Waals surface area contributed by atoms with Crippen LogP contribution in [0.4, 0.5) is 0 Å². The van der Waals surface area contributed by atoms with Crippen LogP contribution in [0.25, 0.3) is 0 Å². The first-order valence-electron chi connectivity index (χ1n) is 7.51. The van der Waals surface area contributed by atoms with Crippen LogP contribution in [-0.2, 0) is 22.9 Å². The highest BCUT2D eigenvalue weighted by atomic mass is 32.2. The number of rotatable bonds is 3. The highest BCUT2D eigenvalue weighted by Gasteiger charge is 2.27. The third-order valence-corrected chi connectivity index (χ3v) is 6.84. The molecule has 0 spiro atoms. The van der Waals surface area contributed by atoms with Gasteiger partial charge in [-0.2, -0.15) is 8.42 Å². The molecule has 0 saturated carbocycles. The molecule has 118 valence electrons.